The van der Waals surface area contributed by atoms with E-state index < -0.39 is 65.7 Å². The summed E-state index contributed by atoms with van der Waals surface area (Å²) in [5, 5.41) is 26.4. The molecule has 41 heavy (non-hydrogen) atoms. The van der Waals surface area contributed by atoms with Crippen molar-refractivity contribution in [1.29, 1.82) is 0 Å². The highest BCUT2D eigenvalue weighted by Gasteiger charge is 2.64. The van der Waals surface area contributed by atoms with Crippen LogP contribution >= 0.6 is 0 Å². The summed E-state index contributed by atoms with van der Waals surface area (Å²) >= 11 is 0. The molecule has 0 radical (unpaired) electrons. The van der Waals surface area contributed by atoms with Crippen LogP contribution in [0.25, 0.3) is 0 Å². The third-order valence-electron chi connectivity index (χ3n) is 7.49. The first-order valence-electron chi connectivity index (χ1n) is 13.1. The zero-order chi connectivity index (χ0) is 30.7. The predicted molar refractivity (Wildman–Crippen MR) is 144 cm³/mol. The lowest BCUT2D eigenvalue weighted by atomic mass is 9.81. The molecule has 0 saturated carbocycles. The smallest absolute Gasteiger partial charge is 0.272 e. The Kier molecular flexibility index (Phi) is 9.70. The van der Waals surface area contributed by atoms with Crippen LogP contribution in [0.3, 0.4) is 0 Å². The number of phenolic OH excluding ortho intramolecular Hbond substituents is 1. The SMILES string of the molecule is COC[C@H](C)NC(=O)[C@H]1N(C(=O)[C@@H](O)[C@H](Cc2cccc(F)c2)NC(=O)c2cccc(O)c2C)CC(F)(F)C1(C)C. The van der Waals surface area contributed by atoms with Gasteiger partial charge in [-0.2, -0.15) is 0 Å². The van der Waals surface area contributed by atoms with E-state index in [1.807, 2.05) is 0 Å². The molecule has 1 heterocycles. The van der Waals surface area contributed by atoms with Crippen molar-refractivity contribution in [3.8, 4) is 5.75 Å². The standard InChI is InChI=1S/C29H36F3N3O6/c1-16(14-41-5)33-26(39)24-28(3,4)29(31,32)15-35(24)27(40)23(37)21(13-18-8-6-9-19(30)12-18)34-25(38)20-10-7-11-22(36)17(20)2/h6-12,16,21,23-24,36-37H,13-15H2,1-5H3,(H,33,39)(H,34,38)/t16-,21-,23-,24+/m0/s1. The van der Waals surface area contributed by atoms with Crippen LogP contribution < -0.4 is 10.6 Å². The number of aliphatic hydroxyl groups excluding tert-OH is 1. The second kappa shape index (κ2) is 12.5. The highest BCUT2D eigenvalue weighted by molar-refractivity contribution is 5.97. The van der Waals surface area contributed by atoms with E-state index in [1.165, 1.54) is 50.4 Å². The van der Waals surface area contributed by atoms with Crippen LogP contribution in [-0.2, 0) is 20.7 Å². The summed E-state index contributed by atoms with van der Waals surface area (Å²) in [6.07, 6.45) is -2.33. The lowest BCUT2D eigenvalue weighted by Gasteiger charge is -2.34. The highest BCUT2D eigenvalue weighted by Crippen LogP contribution is 2.48. The molecule has 3 amide bonds. The molecule has 1 aliphatic rings. The molecule has 3 rings (SSSR count). The summed E-state index contributed by atoms with van der Waals surface area (Å²) in [6, 6.07) is 5.87. The molecule has 12 heteroatoms. The number of carbonyl (C=O) groups excluding carboxylic acids is 3. The Balaban J connectivity index is 1.96. The van der Waals surface area contributed by atoms with Crippen LogP contribution in [0.1, 0.15) is 42.3 Å². The van der Waals surface area contributed by atoms with Gasteiger partial charge in [0, 0.05) is 24.3 Å². The number of halogens is 3. The quantitative estimate of drug-likeness (QED) is 0.343. The minimum absolute atomic E-state index is 0.0483. The Morgan fingerprint density at radius 2 is 1.80 bits per heavy atom. The molecule has 2 aromatic carbocycles. The maximum absolute atomic E-state index is 15.2. The molecule has 2 aromatic rings. The second-order valence-electron chi connectivity index (χ2n) is 11.0. The molecule has 0 bridgehead atoms. The number of benzene rings is 2. The Morgan fingerprint density at radius 3 is 2.44 bits per heavy atom. The normalized spacial score (nSPS) is 19.7. The van der Waals surface area contributed by atoms with Gasteiger partial charge in [0.1, 0.15) is 17.6 Å². The molecule has 0 aliphatic carbocycles. The minimum Gasteiger partial charge on any atom is -0.508 e. The largest absolute Gasteiger partial charge is 0.508 e. The number of ether oxygens (including phenoxy) is 1. The number of alkyl halides is 2. The lowest BCUT2D eigenvalue weighted by molar-refractivity contribution is -0.148. The monoisotopic (exact) mass is 579 g/mol. The third-order valence-corrected chi connectivity index (χ3v) is 7.49. The maximum Gasteiger partial charge on any atom is 0.272 e. The molecule has 1 saturated heterocycles. The first-order chi connectivity index (χ1) is 19.1. The molecule has 0 aromatic heterocycles. The van der Waals surface area contributed by atoms with Gasteiger partial charge >= 0.3 is 0 Å². The van der Waals surface area contributed by atoms with E-state index in [0.29, 0.717) is 10.5 Å². The first-order valence-corrected chi connectivity index (χ1v) is 13.1. The van der Waals surface area contributed by atoms with Crippen molar-refractivity contribution in [3.05, 3.63) is 65.0 Å². The van der Waals surface area contributed by atoms with E-state index in [-0.39, 0.29) is 29.9 Å². The molecule has 0 unspecified atom stereocenters. The topological polar surface area (TPSA) is 128 Å². The molecule has 9 nitrogen and oxygen atoms in total. The summed E-state index contributed by atoms with van der Waals surface area (Å²) < 4.78 is 49.3. The van der Waals surface area contributed by atoms with Gasteiger partial charge in [-0.3, -0.25) is 14.4 Å². The van der Waals surface area contributed by atoms with E-state index in [4.69, 9.17) is 4.74 Å². The number of methoxy groups -OCH3 is 1. The van der Waals surface area contributed by atoms with Gasteiger partial charge in [-0.15, -0.1) is 0 Å². The molecule has 1 fully saturated rings. The van der Waals surface area contributed by atoms with Gasteiger partial charge in [0.25, 0.3) is 17.7 Å². The average Bonchev–Trinajstić information content (AvgIpc) is 3.08. The lowest BCUT2D eigenvalue weighted by Crippen LogP contribution is -2.58. The number of hydrogen-bond acceptors (Lipinski definition) is 6. The van der Waals surface area contributed by atoms with Gasteiger partial charge in [-0.25, -0.2) is 13.2 Å². The molecule has 1 aliphatic heterocycles. The fourth-order valence-corrected chi connectivity index (χ4v) is 5.00. The van der Waals surface area contributed by atoms with Crippen molar-refractivity contribution in [2.45, 2.75) is 64.3 Å². The number of aromatic hydroxyl groups is 1. The van der Waals surface area contributed by atoms with Crippen LogP contribution in [0, 0.1) is 18.2 Å². The number of carbonyl (C=O) groups is 3. The van der Waals surface area contributed by atoms with E-state index >= 15 is 8.78 Å². The second-order valence-corrected chi connectivity index (χ2v) is 11.0. The van der Waals surface area contributed by atoms with Gasteiger partial charge in [0.15, 0.2) is 6.10 Å². The molecular weight excluding hydrogens is 543 g/mol. The van der Waals surface area contributed by atoms with Crippen LogP contribution in [0.15, 0.2) is 42.5 Å². The number of phenols is 1. The summed E-state index contributed by atoms with van der Waals surface area (Å²) in [4.78, 5) is 40.6. The number of rotatable bonds is 10. The summed E-state index contributed by atoms with van der Waals surface area (Å²) in [5.74, 6) is -7.06. The van der Waals surface area contributed by atoms with Gasteiger partial charge < -0.3 is 30.5 Å². The Morgan fingerprint density at radius 1 is 1.15 bits per heavy atom. The van der Waals surface area contributed by atoms with Gasteiger partial charge in [0.2, 0.25) is 5.91 Å². The minimum atomic E-state index is -3.49. The fraction of sp³-hybridized carbons (Fsp3) is 0.483. The van der Waals surface area contributed by atoms with E-state index in [2.05, 4.69) is 10.6 Å². The summed E-state index contributed by atoms with van der Waals surface area (Å²) in [5.41, 5.74) is -1.41. The molecule has 224 valence electrons. The van der Waals surface area contributed by atoms with Crippen LogP contribution in [0.2, 0.25) is 0 Å². The van der Waals surface area contributed by atoms with Crippen molar-refractivity contribution in [1.82, 2.24) is 15.5 Å². The number of hydrogen-bond donors (Lipinski definition) is 4. The Hall–Kier alpha value is -3.64. The number of nitrogens with one attached hydrogen (secondary N) is 2. The van der Waals surface area contributed by atoms with E-state index in [1.54, 1.807) is 6.92 Å². The van der Waals surface area contributed by atoms with Gasteiger partial charge in [-0.1, -0.05) is 32.0 Å². The highest BCUT2D eigenvalue weighted by atomic mass is 19.3. The summed E-state index contributed by atoms with van der Waals surface area (Å²) in [6.45, 7) is 4.39. The number of likely N-dealkylation sites (tertiary alicyclic amines) is 1. The van der Waals surface area contributed by atoms with Crippen molar-refractivity contribution < 1.29 is 42.5 Å². The predicted octanol–water partition coefficient (Wildman–Crippen LogP) is 2.57. The van der Waals surface area contributed by atoms with Crippen LogP contribution in [0.4, 0.5) is 13.2 Å². The zero-order valence-electron chi connectivity index (χ0n) is 23.6. The molecule has 4 N–H and O–H groups in total. The maximum atomic E-state index is 15.2. The zero-order valence-corrected chi connectivity index (χ0v) is 23.6. The van der Waals surface area contributed by atoms with Crippen LogP contribution in [0.5, 0.6) is 5.75 Å². The molecular formula is C29H36F3N3O6. The molecule has 4 atom stereocenters. The Labute approximate surface area is 236 Å². The first kappa shape index (κ1) is 31.9. The molecule has 0 spiro atoms. The van der Waals surface area contributed by atoms with Crippen molar-refractivity contribution in [2.24, 2.45) is 5.41 Å². The van der Waals surface area contributed by atoms with Crippen molar-refractivity contribution in [2.75, 3.05) is 20.3 Å². The Bertz CT molecular complexity index is 1290. The van der Waals surface area contributed by atoms with E-state index in [9.17, 15) is 29.0 Å². The van der Waals surface area contributed by atoms with Gasteiger partial charge in [-0.05, 0) is 50.1 Å². The van der Waals surface area contributed by atoms with Crippen molar-refractivity contribution >= 4 is 17.7 Å². The third kappa shape index (κ3) is 6.82. The van der Waals surface area contributed by atoms with Gasteiger partial charge in [0.05, 0.1) is 24.6 Å². The fourth-order valence-electron chi connectivity index (χ4n) is 5.00. The van der Waals surface area contributed by atoms with Crippen molar-refractivity contribution in [3.63, 3.8) is 0 Å². The number of nitrogens with zero attached hydrogens (tertiary/aromatic N) is 1. The van der Waals surface area contributed by atoms with E-state index in [0.717, 1.165) is 19.9 Å². The number of aliphatic hydroxyl groups is 1. The average molecular weight is 580 g/mol. The van der Waals surface area contributed by atoms with Crippen LogP contribution in [-0.4, -0.2) is 83.2 Å². The number of amides is 3. The summed E-state index contributed by atoms with van der Waals surface area (Å²) in [7, 11) is 1.41.